The third-order valence-corrected chi connectivity index (χ3v) is 5.38. The van der Waals surface area contributed by atoms with Crippen molar-refractivity contribution in [2.45, 2.75) is 6.42 Å². The lowest BCUT2D eigenvalue weighted by atomic mass is 10.2. The monoisotopic (exact) mass is 431 g/mol. The number of hydrogen-bond donors (Lipinski definition) is 1. The van der Waals surface area contributed by atoms with Crippen LogP contribution < -0.4 is 5.32 Å². The predicted molar refractivity (Wildman–Crippen MR) is 113 cm³/mol. The minimum Gasteiger partial charge on any atom is -0.320 e. The van der Waals surface area contributed by atoms with Crippen LogP contribution in [-0.4, -0.2) is 32.5 Å². The van der Waals surface area contributed by atoms with Crippen LogP contribution in [0.4, 0.5) is 15.8 Å². The Morgan fingerprint density at radius 2 is 1.93 bits per heavy atom. The van der Waals surface area contributed by atoms with Crippen molar-refractivity contribution in [2.75, 3.05) is 11.9 Å². The Labute approximate surface area is 174 Å². The highest BCUT2D eigenvalue weighted by Crippen LogP contribution is 2.33. The van der Waals surface area contributed by atoms with Crippen LogP contribution in [0.5, 0.6) is 0 Å². The van der Waals surface area contributed by atoms with Crippen molar-refractivity contribution in [3.8, 4) is 0 Å². The number of nitro groups is 1. The molecule has 1 N–H and O–H groups in total. The number of thiocarbonyl (C=S) groups is 1. The fraction of sp³-hybridized carbons (Fsp3) is 0.105. The number of nitro benzene ring substituents is 1. The molecule has 1 aliphatic rings. The van der Waals surface area contributed by atoms with Crippen molar-refractivity contribution in [1.82, 2.24) is 4.90 Å². The maximum absolute atomic E-state index is 13.8. The molecule has 29 heavy (non-hydrogen) atoms. The summed E-state index contributed by atoms with van der Waals surface area (Å²) in [5.74, 6) is -1.37. The number of rotatable bonds is 6. The van der Waals surface area contributed by atoms with Crippen LogP contribution in [0.15, 0.2) is 53.4 Å². The predicted octanol–water partition coefficient (Wildman–Crippen LogP) is 3.96. The van der Waals surface area contributed by atoms with Crippen LogP contribution in [0.2, 0.25) is 0 Å². The SMILES string of the molecule is O=C(CCN1C(=O)/C(=C/c2ccccc2F)SC1=S)Nc1ccccc1[N+](=O)[O-]. The number of nitrogens with zero attached hydrogens (tertiary/aromatic N) is 2. The van der Waals surface area contributed by atoms with Crippen LogP contribution in [0.3, 0.4) is 0 Å². The normalized spacial score (nSPS) is 15.1. The zero-order valence-electron chi connectivity index (χ0n) is 14.8. The summed E-state index contributed by atoms with van der Waals surface area (Å²) in [6, 6.07) is 11.8. The van der Waals surface area contributed by atoms with Gasteiger partial charge in [0.05, 0.1) is 9.83 Å². The minimum atomic E-state index is -0.592. The molecule has 7 nitrogen and oxygen atoms in total. The Kier molecular flexibility index (Phi) is 6.35. The Balaban J connectivity index is 1.65. The number of benzene rings is 2. The summed E-state index contributed by atoms with van der Waals surface area (Å²) in [6.45, 7) is 0.00570. The molecule has 10 heteroatoms. The first-order chi connectivity index (χ1) is 13.9. The second-order valence-electron chi connectivity index (χ2n) is 5.93. The Bertz CT molecular complexity index is 1040. The number of halogens is 1. The van der Waals surface area contributed by atoms with Crippen LogP contribution in [0, 0.1) is 15.9 Å². The average molecular weight is 431 g/mol. The molecule has 0 unspecified atom stereocenters. The van der Waals surface area contributed by atoms with Crippen molar-refractivity contribution < 1.29 is 18.9 Å². The molecule has 2 amide bonds. The van der Waals surface area contributed by atoms with Gasteiger partial charge in [-0.05, 0) is 18.2 Å². The van der Waals surface area contributed by atoms with E-state index in [0.29, 0.717) is 0 Å². The lowest BCUT2D eigenvalue weighted by Crippen LogP contribution is -2.31. The highest BCUT2D eigenvalue weighted by molar-refractivity contribution is 8.26. The molecule has 0 aromatic heterocycles. The summed E-state index contributed by atoms with van der Waals surface area (Å²) in [6.07, 6.45) is 1.31. The van der Waals surface area contributed by atoms with E-state index in [1.54, 1.807) is 24.3 Å². The first kappa shape index (κ1) is 20.6. The first-order valence-electron chi connectivity index (χ1n) is 8.40. The van der Waals surface area contributed by atoms with Gasteiger partial charge in [-0.25, -0.2) is 4.39 Å². The molecule has 148 valence electrons. The standard InChI is InChI=1S/C19H14FN3O4S2/c20-13-6-2-1-5-12(13)11-16-18(25)22(19(28)29-16)10-9-17(24)21-14-7-3-4-8-15(14)23(26)27/h1-8,11H,9-10H2,(H,21,24)/b16-11-. The molecule has 1 fully saturated rings. The summed E-state index contributed by atoms with van der Waals surface area (Å²) in [7, 11) is 0. The Morgan fingerprint density at radius 1 is 1.24 bits per heavy atom. The number of anilines is 1. The van der Waals surface area contributed by atoms with Gasteiger partial charge in [-0.3, -0.25) is 24.6 Å². The van der Waals surface area contributed by atoms with Crippen LogP contribution in [0.25, 0.3) is 6.08 Å². The molecular weight excluding hydrogens is 417 g/mol. The topological polar surface area (TPSA) is 92.6 Å². The number of nitrogens with one attached hydrogen (secondary N) is 1. The van der Waals surface area contributed by atoms with Gasteiger partial charge in [0.15, 0.2) is 0 Å². The largest absolute Gasteiger partial charge is 0.320 e. The zero-order valence-corrected chi connectivity index (χ0v) is 16.5. The molecule has 3 rings (SSSR count). The summed E-state index contributed by atoms with van der Waals surface area (Å²) >= 11 is 6.22. The van der Waals surface area contributed by atoms with Gasteiger partial charge in [0.2, 0.25) is 5.91 Å². The van der Waals surface area contributed by atoms with Gasteiger partial charge in [0.25, 0.3) is 11.6 Å². The van der Waals surface area contributed by atoms with Gasteiger partial charge in [-0.2, -0.15) is 0 Å². The van der Waals surface area contributed by atoms with Crippen LogP contribution >= 0.6 is 24.0 Å². The van der Waals surface area contributed by atoms with Crippen molar-refractivity contribution >= 4 is 57.6 Å². The van der Waals surface area contributed by atoms with E-state index in [9.17, 15) is 24.1 Å². The van der Waals surface area contributed by atoms with Crippen molar-refractivity contribution in [1.29, 1.82) is 0 Å². The molecule has 0 atom stereocenters. The number of carbonyl (C=O) groups excluding carboxylic acids is 2. The number of thioether (sulfide) groups is 1. The molecule has 2 aromatic rings. The molecule has 0 spiro atoms. The van der Waals surface area contributed by atoms with Crippen LogP contribution in [-0.2, 0) is 9.59 Å². The van der Waals surface area contributed by atoms with Gasteiger partial charge < -0.3 is 5.32 Å². The van der Waals surface area contributed by atoms with Gasteiger partial charge in [0, 0.05) is 24.6 Å². The van der Waals surface area contributed by atoms with Crippen molar-refractivity contribution in [2.24, 2.45) is 0 Å². The van der Waals surface area contributed by atoms with Gasteiger partial charge in [-0.1, -0.05) is 54.3 Å². The van der Waals surface area contributed by atoms with Crippen molar-refractivity contribution in [3.63, 3.8) is 0 Å². The second-order valence-corrected chi connectivity index (χ2v) is 7.60. The van der Waals surface area contributed by atoms with E-state index in [0.717, 1.165) is 11.8 Å². The van der Waals surface area contributed by atoms with E-state index in [-0.39, 0.29) is 39.1 Å². The lowest BCUT2D eigenvalue weighted by molar-refractivity contribution is -0.383. The molecule has 0 bridgehead atoms. The van der Waals surface area contributed by atoms with Crippen LogP contribution in [0.1, 0.15) is 12.0 Å². The second kappa shape index (κ2) is 8.93. The first-order valence-corrected chi connectivity index (χ1v) is 9.62. The van der Waals surface area contributed by atoms with E-state index in [2.05, 4.69) is 5.32 Å². The molecule has 0 radical (unpaired) electrons. The summed E-state index contributed by atoms with van der Waals surface area (Å²) in [5, 5.41) is 13.5. The third kappa shape index (κ3) is 4.84. The minimum absolute atomic E-state index is 0.00570. The van der Waals surface area contributed by atoms with Crippen molar-refractivity contribution in [3.05, 3.63) is 74.9 Å². The summed E-state index contributed by atoms with van der Waals surface area (Å²) in [5.41, 5.74) is 0.119. The highest BCUT2D eigenvalue weighted by atomic mass is 32.2. The third-order valence-electron chi connectivity index (χ3n) is 4.00. The maximum Gasteiger partial charge on any atom is 0.292 e. The highest BCUT2D eigenvalue weighted by Gasteiger charge is 2.32. The quantitative estimate of drug-likeness (QED) is 0.322. The number of amides is 2. The molecule has 1 saturated heterocycles. The lowest BCUT2D eigenvalue weighted by Gasteiger charge is -2.14. The molecule has 1 heterocycles. The van der Waals surface area contributed by atoms with Gasteiger partial charge in [-0.15, -0.1) is 0 Å². The Hall–Kier alpha value is -3.11. The van der Waals surface area contributed by atoms with E-state index in [1.165, 1.54) is 35.2 Å². The van der Waals surface area contributed by atoms with Gasteiger partial charge in [0.1, 0.15) is 15.8 Å². The molecule has 0 aliphatic carbocycles. The van der Waals surface area contributed by atoms with Gasteiger partial charge >= 0.3 is 0 Å². The maximum atomic E-state index is 13.8. The smallest absolute Gasteiger partial charge is 0.292 e. The molecule has 1 aliphatic heterocycles. The number of hydrogen-bond acceptors (Lipinski definition) is 6. The van der Waals surface area contributed by atoms with E-state index >= 15 is 0 Å². The Morgan fingerprint density at radius 3 is 2.66 bits per heavy atom. The molecule has 2 aromatic carbocycles. The fourth-order valence-electron chi connectivity index (χ4n) is 2.59. The number of para-hydroxylation sites is 2. The summed E-state index contributed by atoms with van der Waals surface area (Å²) in [4.78, 5) is 36.7. The fourth-order valence-corrected chi connectivity index (χ4v) is 3.89. The molecule has 0 saturated carbocycles. The van der Waals surface area contributed by atoms with E-state index < -0.39 is 22.6 Å². The zero-order chi connectivity index (χ0) is 21.0. The van der Waals surface area contributed by atoms with E-state index in [4.69, 9.17) is 12.2 Å². The number of carbonyl (C=O) groups is 2. The summed E-state index contributed by atoms with van der Waals surface area (Å²) < 4.78 is 14.1. The average Bonchev–Trinajstić information content (AvgIpc) is 2.95. The van der Waals surface area contributed by atoms with E-state index in [1.807, 2.05) is 0 Å². The molecular formula is C19H14FN3O4S2.